The summed E-state index contributed by atoms with van der Waals surface area (Å²) in [7, 11) is 2.17. The average Bonchev–Trinajstić information content (AvgIpc) is 2.52. The van der Waals surface area contributed by atoms with Crippen molar-refractivity contribution in [2.75, 3.05) is 25.5 Å². The minimum absolute atomic E-state index is 0.220. The Hall–Kier alpha value is -1.06. The SMILES string of the molecule is Cc1ccc2c(c1)[C@H]1CN(C)CC[C@@]1(N)N2. The highest BCUT2D eigenvalue weighted by molar-refractivity contribution is 5.62. The van der Waals surface area contributed by atoms with Gasteiger partial charge in [-0.1, -0.05) is 17.7 Å². The first kappa shape index (κ1) is 10.1. The summed E-state index contributed by atoms with van der Waals surface area (Å²) in [6, 6.07) is 6.59. The van der Waals surface area contributed by atoms with Crippen LogP contribution in [-0.4, -0.2) is 30.7 Å². The number of piperidine rings is 1. The Morgan fingerprint density at radius 3 is 3.12 bits per heavy atom. The van der Waals surface area contributed by atoms with Crippen molar-refractivity contribution in [3.63, 3.8) is 0 Å². The first-order valence-corrected chi connectivity index (χ1v) is 5.95. The minimum Gasteiger partial charge on any atom is -0.367 e. The van der Waals surface area contributed by atoms with E-state index in [0.29, 0.717) is 5.92 Å². The Morgan fingerprint density at radius 1 is 1.50 bits per heavy atom. The van der Waals surface area contributed by atoms with Crippen molar-refractivity contribution >= 4 is 5.69 Å². The van der Waals surface area contributed by atoms with Crippen molar-refractivity contribution in [2.45, 2.75) is 24.9 Å². The molecule has 3 rings (SSSR count). The second kappa shape index (κ2) is 3.22. The van der Waals surface area contributed by atoms with Gasteiger partial charge in [0.15, 0.2) is 0 Å². The van der Waals surface area contributed by atoms with Crippen LogP contribution >= 0.6 is 0 Å². The lowest BCUT2D eigenvalue weighted by atomic mass is 9.84. The van der Waals surface area contributed by atoms with Gasteiger partial charge in [0, 0.05) is 24.7 Å². The monoisotopic (exact) mass is 217 g/mol. The van der Waals surface area contributed by atoms with Gasteiger partial charge in [-0.3, -0.25) is 0 Å². The molecule has 86 valence electrons. The third kappa shape index (κ3) is 1.35. The van der Waals surface area contributed by atoms with Gasteiger partial charge >= 0.3 is 0 Å². The van der Waals surface area contributed by atoms with Gasteiger partial charge in [0.2, 0.25) is 0 Å². The zero-order valence-corrected chi connectivity index (χ0v) is 9.96. The van der Waals surface area contributed by atoms with Crippen LogP contribution in [0.25, 0.3) is 0 Å². The van der Waals surface area contributed by atoms with E-state index in [-0.39, 0.29) is 5.66 Å². The van der Waals surface area contributed by atoms with Gasteiger partial charge in [-0.2, -0.15) is 0 Å². The largest absolute Gasteiger partial charge is 0.367 e. The predicted octanol–water partition coefficient (Wildman–Crippen LogP) is 1.49. The molecule has 0 aromatic heterocycles. The van der Waals surface area contributed by atoms with E-state index in [1.807, 2.05) is 0 Å². The molecule has 0 spiro atoms. The fraction of sp³-hybridized carbons (Fsp3) is 0.538. The fourth-order valence-corrected chi connectivity index (χ4v) is 2.98. The first-order chi connectivity index (χ1) is 7.58. The Balaban J connectivity index is 2.05. The number of nitrogens with two attached hydrogens (primary N) is 1. The maximum absolute atomic E-state index is 6.49. The normalized spacial score (nSPS) is 33.1. The minimum atomic E-state index is -0.220. The van der Waals surface area contributed by atoms with E-state index in [1.165, 1.54) is 16.8 Å². The number of benzene rings is 1. The van der Waals surface area contributed by atoms with E-state index >= 15 is 0 Å². The first-order valence-electron chi connectivity index (χ1n) is 5.95. The molecule has 3 heteroatoms. The summed E-state index contributed by atoms with van der Waals surface area (Å²) in [4.78, 5) is 2.37. The van der Waals surface area contributed by atoms with Crippen molar-refractivity contribution < 1.29 is 0 Å². The number of aryl methyl sites for hydroxylation is 1. The van der Waals surface area contributed by atoms with Crippen LogP contribution in [0.1, 0.15) is 23.5 Å². The summed E-state index contributed by atoms with van der Waals surface area (Å²) in [5.74, 6) is 0.432. The second-order valence-electron chi connectivity index (χ2n) is 5.32. The van der Waals surface area contributed by atoms with Crippen LogP contribution in [0.5, 0.6) is 0 Å². The van der Waals surface area contributed by atoms with Crippen LogP contribution in [0.15, 0.2) is 18.2 Å². The standard InChI is InChI=1S/C13H19N3/c1-9-3-4-12-10(7-9)11-8-16(2)6-5-13(11,14)15-12/h3-4,7,11,15H,5-6,8,14H2,1-2H3/t11-,13-/m1/s1. The van der Waals surface area contributed by atoms with Crippen molar-refractivity contribution in [3.05, 3.63) is 29.3 Å². The number of nitrogens with one attached hydrogen (secondary N) is 1. The third-order valence-electron chi connectivity index (χ3n) is 3.97. The molecule has 3 N–H and O–H groups in total. The summed E-state index contributed by atoms with van der Waals surface area (Å²) in [6.45, 7) is 4.27. The fourth-order valence-electron chi connectivity index (χ4n) is 2.98. The van der Waals surface area contributed by atoms with Gasteiger partial charge in [-0.25, -0.2) is 0 Å². The Kier molecular flexibility index (Phi) is 2.03. The van der Waals surface area contributed by atoms with Gasteiger partial charge in [-0.05, 0) is 32.0 Å². The maximum Gasteiger partial charge on any atom is 0.0952 e. The maximum atomic E-state index is 6.49. The third-order valence-corrected chi connectivity index (χ3v) is 3.97. The zero-order valence-electron chi connectivity index (χ0n) is 9.96. The summed E-state index contributed by atoms with van der Waals surface area (Å²) < 4.78 is 0. The number of anilines is 1. The smallest absolute Gasteiger partial charge is 0.0952 e. The van der Waals surface area contributed by atoms with E-state index in [0.717, 1.165) is 19.5 Å². The number of hydrogen-bond donors (Lipinski definition) is 2. The molecule has 0 saturated carbocycles. The molecule has 0 radical (unpaired) electrons. The van der Waals surface area contributed by atoms with Crippen molar-refractivity contribution in [1.29, 1.82) is 0 Å². The molecule has 0 aliphatic carbocycles. The van der Waals surface area contributed by atoms with E-state index in [1.54, 1.807) is 0 Å². The predicted molar refractivity (Wildman–Crippen MR) is 66.6 cm³/mol. The molecule has 2 heterocycles. The number of rotatable bonds is 0. The summed E-state index contributed by atoms with van der Waals surface area (Å²) in [5, 5.41) is 3.51. The molecule has 2 atom stereocenters. The molecule has 1 saturated heterocycles. The van der Waals surface area contributed by atoms with E-state index in [9.17, 15) is 0 Å². The highest BCUT2D eigenvalue weighted by Gasteiger charge is 2.45. The molecule has 3 nitrogen and oxygen atoms in total. The summed E-state index contributed by atoms with van der Waals surface area (Å²) in [6.07, 6.45) is 1.02. The van der Waals surface area contributed by atoms with Crippen LogP contribution < -0.4 is 11.1 Å². The van der Waals surface area contributed by atoms with Crippen LogP contribution in [0.4, 0.5) is 5.69 Å². The molecule has 1 aromatic rings. The highest BCUT2D eigenvalue weighted by Crippen LogP contribution is 2.44. The molecule has 0 amide bonds. The Labute approximate surface area is 96.6 Å². The number of nitrogens with zero attached hydrogens (tertiary/aromatic N) is 1. The average molecular weight is 217 g/mol. The molecule has 0 unspecified atom stereocenters. The Bertz CT molecular complexity index is 429. The molecule has 1 aromatic carbocycles. The molecule has 2 aliphatic heterocycles. The number of fused-ring (bicyclic) bond motifs is 3. The molecular formula is C13H19N3. The van der Waals surface area contributed by atoms with Crippen LogP contribution in [-0.2, 0) is 0 Å². The van der Waals surface area contributed by atoms with Gasteiger partial charge in [0.25, 0.3) is 0 Å². The number of hydrogen-bond acceptors (Lipinski definition) is 3. The lowest BCUT2D eigenvalue weighted by molar-refractivity contribution is 0.187. The van der Waals surface area contributed by atoms with Gasteiger partial charge in [-0.15, -0.1) is 0 Å². The van der Waals surface area contributed by atoms with Gasteiger partial charge in [0.1, 0.15) is 0 Å². The van der Waals surface area contributed by atoms with Gasteiger partial charge in [0.05, 0.1) is 5.66 Å². The highest BCUT2D eigenvalue weighted by atomic mass is 15.2. The van der Waals surface area contributed by atoms with Gasteiger partial charge < -0.3 is 16.0 Å². The lowest BCUT2D eigenvalue weighted by Gasteiger charge is -2.40. The second-order valence-corrected chi connectivity index (χ2v) is 5.32. The molecule has 16 heavy (non-hydrogen) atoms. The summed E-state index contributed by atoms with van der Waals surface area (Å²) in [5.41, 5.74) is 10.2. The molecular weight excluding hydrogens is 198 g/mol. The van der Waals surface area contributed by atoms with Crippen LogP contribution in [0, 0.1) is 6.92 Å². The summed E-state index contributed by atoms with van der Waals surface area (Å²) >= 11 is 0. The van der Waals surface area contributed by atoms with E-state index < -0.39 is 0 Å². The Morgan fingerprint density at radius 2 is 2.31 bits per heavy atom. The number of likely N-dealkylation sites (N-methyl/N-ethyl adjacent to an activating group) is 1. The van der Waals surface area contributed by atoms with Crippen molar-refractivity contribution in [2.24, 2.45) is 5.73 Å². The number of likely N-dealkylation sites (tertiary alicyclic amines) is 1. The topological polar surface area (TPSA) is 41.3 Å². The lowest BCUT2D eigenvalue weighted by Crippen LogP contribution is -2.57. The van der Waals surface area contributed by atoms with Crippen LogP contribution in [0.2, 0.25) is 0 Å². The van der Waals surface area contributed by atoms with E-state index in [4.69, 9.17) is 5.73 Å². The van der Waals surface area contributed by atoms with Crippen LogP contribution in [0.3, 0.4) is 0 Å². The van der Waals surface area contributed by atoms with E-state index in [2.05, 4.69) is 42.4 Å². The van der Waals surface area contributed by atoms with Crippen molar-refractivity contribution in [1.82, 2.24) is 4.90 Å². The zero-order chi connectivity index (χ0) is 11.3. The molecule has 2 aliphatic rings. The quantitative estimate of drug-likeness (QED) is 0.692. The van der Waals surface area contributed by atoms with Crippen molar-refractivity contribution in [3.8, 4) is 0 Å². The molecule has 0 bridgehead atoms. The molecule has 1 fully saturated rings.